The van der Waals surface area contributed by atoms with Gasteiger partial charge in [0.1, 0.15) is 0 Å². The summed E-state index contributed by atoms with van der Waals surface area (Å²) in [5, 5.41) is 5.25. The van der Waals surface area contributed by atoms with Crippen LogP contribution in [0, 0.1) is 0 Å². The Morgan fingerprint density at radius 3 is 3.22 bits per heavy atom. The fourth-order valence-electron chi connectivity index (χ4n) is 0.578. The predicted molar refractivity (Wildman–Crippen MR) is 39.5 cm³/mol. The van der Waals surface area contributed by atoms with E-state index in [9.17, 15) is 0 Å². The van der Waals surface area contributed by atoms with Crippen molar-refractivity contribution in [3.63, 3.8) is 0 Å². The van der Waals surface area contributed by atoms with Gasteiger partial charge in [-0.1, -0.05) is 6.92 Å². The summed E-state index contributed by atoms with van der Waals surface area (Å²) >= 11 is 1.64. The maximum absolute atomic E-state index is 4.11. The fourth-order valence-corrected chi connectivity index (χ4v) is 1.14. The van der Waals surface area contributed by atoms with E-state index in [1.54, 1.807) is 11.3 Å². The first-order chi connectivity index (χ1) is 4.43. The summed E-state index contributed by atoms with van der Waals surface area (Å²) < 4.78 is 0. The average molecular weight is 142 g/mol. The Morgan fingerprint density at radius 1 is 1.78 bits per heavy atom. The van der Waals surface area contributed by atoms with Crippen molar-refractivity contribution < 1.29 is 0 Å². The molecule has 0 atom stereocenters. The largest absolute Gasteiger partial charge is 0.311 e. The number of hydrogen-bond acceptors (Lipinski definition) is 3. The Hall–Kier alpha value is -0.410. The van der Waals surface area contributed by atoms with E-state index in [4.69, 9.17) is 0 Å². The molecule has 0 amide bonds. The van der Waals surface area contributed by atoms with Crippen LogP contribution in [0.15, 0.2) is 10.9 Å². The summed E-state index contributed by atoms with van der Waals surface area (Å²) in [4.78, 5) is 4.11. The third kappa shape index (κ3) is 2.11. The Kier molecular flexibility index (Phi) is 2.67. The highest BCUT2D eigenvalue weighted by atomic mass is 32.1. The van der Waals surface area contributed by atoms with Gasteiger partial charge in [-0.05, 0) is 6.54 Å². The number of rotatable bonds is 3. The molecule has 2 nitrogen and oxygen atoms in total. The predicted octanol–water partition coefficient (Wildman–Crippen LogP) is 1.25. The van der Waals surface area contributed by atoms with Gasteiger partial charge in [0.25, 0.3) is 0 Å². The van der Waals surface area contributed by atoms with Gasteiger partial charge >= 0.3 is 0 Å². The molecule has 1 heterocycles. The average Bonchev–Trinajstić information content (AvgIpc) is 2.34. The van der Waals surface area contributed by atoms with Gasteiger partial charge in [0.15, 0.2) is 0 Å². The molecule has 0 radical (unpaired) electrons. The van der Waals surface area contributed by atoms with Crippen molar-refractivity contribution in [2.24, 2.45) is 0 Å². The lowest BCUT2D eigenvalue weighted by molar-refractivity contribution is 0.714. The SMILES string of the molecule is CCNCc1cscn1. The standard InChI is InChI=1S/C6H10N2S/c1-2-7-3-6-4-9-5-8-6/h4-5,7H,2-3H2,1H3. The molecule has 1 N–H and O–H groups in total. The van der Waals surface area contributed by atoms with Gasteiger partial charge in [0.2, 0.25) is 0 Å². The van der Waals surface area contributed by atoms with E-state index in [0.717, 1.165) is 18.8 Å². The highest BCUT2D eigenvalue weighted by Gasteiger charge is 1.89. The summed E-state index contributed by atoms with van der Waals surface area (Å²) in [5.41, 5.74) is 2.99. The smallest absolute Gasteiger partial charge is 0.0795 e. The molecule has 0 aromatic carbocycles. The van der Waals surface area contributed by atoms with Gasteiger partial charge in [-0.15, -0.1) is 11.3 Å². The third-order valence-corrected chi connectivity index (χ3v) is 1.67. The lowest BCUT2D eigenvalue weighted by atomic mass is 10.5. The second-order valence-corrected chi connectivity index (χ2v) is 2.48. The van der Waals surface area contributed by atoms with Crippen LogP contribution in [0.25, 0.3) is 0 Å². The first kappa shape index (κ1) is 6.71. The van der Waals surface area contributed by atoms with Crippen molar-refractivity contribution in [3.8, 4) is 0 Å². The van der Waals surface area contributed by atoms with E-state index in [-0.39, 0.29) is 0 Å². The normalized spacial score (nSPS) is 9.89. The molecule has 0 bridgehead atoms. The zero-order valence-electron chi connectivity index (χ0n) is 5.42. The Morgan fingerprint density at radius 2 is 2.67 bits per heavy atom. The minimum Gasteiger partial charge on any atom is -0.311 e. The lowest BCUT2D eigenvalue weighted by Gasteiger charge is -1.93. The number of nitrogens with one attached hydrogen (secondary N) is 1. The third-order valence-electron chi connectivity index (χ3n) is 1.04. The molecular formula is C6H10N2S. The molecule has 9 heavy (non-hydrogen) atoms. The van der Waals surface area contributed by atoms with E-state index < -0.39 is 0 Å². The van der Waals surface area contributed by atoms with Crippen molar-refractivity contribution >= 4 is 11.3 Å². The van der Waals surface area contributed by atoms with E-state index in [1.165, 1.54) is 0 Å². The second kappa shape index (κ2) is 3.58. The zero-order valence-corrected chi connectivity index (χ0v) is 6.24. The Balaban J connectivity index is 2.30. The lowest BCUT2D eigenvalue weighted by Crippen LogP contribution is -2.11. The van der Waals surface area contributed by atoms with E-state index in [0.29, 0.717) is 0 Å². The maximum atomic E-state index is 4.11. The minimum absolute atomic E-state index is 0.903. The molecular weight excluding hydrogens is 132 g/mol. The highest BCUT2D eigenvalue weighted by Crippen LogP contribution is 1.98. The van der Waals surface area contributed by atoms with Gasteiger partial charge < -0.3 is 5.32 Å². The monoisotopic (exact) mass is 142 g/mol. The number of hydrogen-bond donors (Lipinski definition) is 1. The number of aromatic nitrogens is 1. The molecule has 1 rings (SSSR count). The van der Waals surface area contributed by atoms with Gasteiger partial charge in [-0.2, -0.15) is 0 Å². The molecule has 50 valence electrons. The molecule has 1 aromatic heterocycles. The molecule has 0 aliphatic heterocycles. The summed E-state index contributed by atoms with van der Waals surface area (Å²) in [6.45, 7) is 4.00. The van der Waals surface area contributed by atoms with Crippen LogP contribution in [0.1, 0.15) is 12.6 Å². The number of nitrogens with zero attached hydrogens (tertiary/aromatic N) is 1. The number of thiazole rings is 1. The highest BCUT2D eigenvalue weighted by molar-refractivity contribution is 7.07. The minimum atomic E-state index is 0.903. The van der Waals surface area contributed by atoms with Crippen LogP contribution in [-0.2, 0) is 6.54 Å². The van der Waals surface area contributed by atoms with Gasteiger partial charge in [0.05, 0.1) is 11.2 Å². The van der Waals surface area contributed by atoms with Crippen LogP contribution in [0.3, 0.4) is 0 Å². The van der Waals surface area contributed by atoms with E-state index in [1.807, 2.05) is 5.51 Å². The van der Waals surface area contributed by atoms with Gasteiger partial charge in [-0.3, -0.25) is 0 Å². The first-order valence-electron chi connectivity index (χ1n) is 3.01. The van der Waals surface area contributed by atoms with Crippen molar-refractivity contribution in [1.82, 2.24) is 10.3 Å². The van der Waals surface area contributed by atoms with Crippen LogP contribution in [0.4, 0.5) is 0 Å². The topological polar surface area (TPSA) is 24.9 Å². The fraction of sp³-hybridized carbons (Fsp3) is 0.500. The van der Waals surface area contributed by atoms with Crippen LogP contribution in [0.5, 0.6) is 0 Å². The van der Waals surface area contributed by atoms with Gasteiger partial charge in [-0.25, -0.2) is 4.98 Å². The Labute approximate surface area is 58.9 Å². The van der Waals surface area contributed by atoms with Gasteiger partial charge in [0, 0.05) is 11.9 Å². The Bertz CT molecular complexity index is 148. The quantitative estimate of drug-likeness (QED) is 0.687. The molecule has 0 unspecified atom stereocenters. The molecule has 0 spiro atoms. The summed E-state index contributed by atoms with van der Waals surface area (Å²) in [5.74, 6) is 0. The van der Waals surface area contributed by atoms with Crippen molar-refractivity contribution in [2.45, 2.75) is 13.5 Å². The van der Waals surface area contributed by atoms with E-state index in [2.05, 4.69) is 22.6 Å². The zero-order chi connectivity index (χ0) is 6.53. The van der Waals surface area contributed by atoms with E-state index >= 15 is 0 Å². The molecule has 0 saturated carbocycles. The molecule has 0 fully saturated rings. The van der Waals surface area contributed by atoms with Crippen molar-refractivity contribution in [3.05, 3.63) is 16.6 Å². The molecule has 0 aliphatic carbocycles. The summed E-state index contributed by atoms with van der Waals surface area (Å²) in [6, 6.07) is 0. The summed E-state index contributed by atoms with van der Waals surface area (Å²) in [6.07, 6.45) is 0. The maximum Gasteiger partial charge on any atom is 0.0795 e. The van der Waals surface area contributed by atoms with Crippen molar-refractivity contribution in [2.75, 3.05) is 6.54 Å². The van der Waals surface area contributed by atoms with Crippen LogP contribution < -0.4 is 5.32 Å². The summed E-state index contributed by atoms with van der Waals surface area (Å²) in [7, 11) is 0. The molecule has 0 aliphatic rings. The van der Waals surface area contributed by atoms with Crippen LogP contribution in [0.2, 0.25) is 0 Å². The van der Waals surface area contributed by atoms with Crippen molar-refractivity contribution in [1.29, 1.82) is 0 Å². The van der Waals surface area contributed by atoms with Crippen LogP contribution in [-0.4, -0.2) is 11.5 Å². The molecule has 3 heteroatoms. The molecule has 0 saturated heterocycles. The second-order valence-electron chi connectivity index (χ2n) is 1.76. The van der Waals surface area contributed by atoms with Crippen LogP contribution >= 0.6 is 11.3 Å². The first-order valence-corrected chi connectivity index (χ1v) is 3.95. The molecule has 1 aromatic rings.